The van der Waals surface area contributed by atoms with Crippen LogP contribution in [0.5, 0.6) is 0 Å². The lowest BCUT2D eigenvalue weighted by Crippen LogP contribution is -2.58. The van der Waals surface area contributed by atoms with Crippen LogP contribution in [-0.4, -0.2) is 65.3 Å². The van der Waals surface area contributed by atoms with Crippen LogP contribution in [0.3, 0.4) is 0 Å². The molecule has 4 nitrogen and oxygen atoms in total. The molecule has 2 aliphatic heterocycles. The van der Waals surface area contributed by atoms with Gasteiger partial charge in [-0.1, -0.05) is 0 Å². The lowest BCUT2D eigenvalue weighted by atomic mass is 9.79. The summed E-state index contributed by atoms with van der Waals surface area (Å²) < 4.78 is 0. The quantitative estimate of drug-likeness (QED) is 0.748. The maximum atomic E-state index is 9.46. The van der Waals surface area contributed by atoms with Crippen LogP contribution in [-0.2, 0) is 0 Å². The zero-order valence-corrected chi connectivity index (χ0v) is 11.4. The van der Waals surface area contributed by atoms with E-state index in [2.05, 4.69) is 9.80 Å². The minimum Gasteiger partial charge on any atom is -0.394 e. The molecule has 2 saturated heterocycles. The van der Waals surface area contributed by atoms with Crippen molar-refractivity contribution < 1.29 is 5.11 Å². The van der Waals surface area contributed by atoms with E-state index in [1.807, 2.05) is 0 Å². The molecule has 0 aromatic carbocycles. The van der Waals surface area contributed by atoms with E-state index in [9.17, 15) is 5.11 Å². The molecule has 0 amide bonds. The van der Waals surface area contributed by atoms with Gasteiger partial charge in [0.1, 0.15) is 0 Å². The fourth-order valence-electron chi connectivity index (χ4n) is 4.17. The van der Waals surface area contributed by atoms with Crippen molar-refractivity contribution in [2.45, 2.75) is 56.1 Å². The highest BCUT2D eigenvalue weighted by Gasteiger charge is 2.38. The van der Waals surface area contributed by atoms with Crippen molar-refractivity contribution in [3.63, 3.8) is 0 Å². The molecule has 0 aromatic rings. The van der Waals surface area contributed by atoms with Gasteiger partial charge in [-0.25, -0.2) is 0 Å². The molecule has 4 heteroatoms. The maximum absolute atomic E-state index is 9.46. The normalized spacial score (nSPS) is 43.0. The first-order valence-electron chi connectivity index (χ1n) is 7.58. The van der Waals surface area contributed by atoms with Crippen molar-refractivity contribution in [2.75, 3.05) is 32.8 Å². The summed E-state index contributed by atoms with van der Waals surface area (Å²) in [6.07, 6.45) is 7.16. The minimum absolute atomic E-state index is 0.146. The van der Waals surface area contributed by atoms with Crippen LogP contribution in [0.25, 0.3) is 0 Å². The summed E-state index contributed by atoms with van der Waals surface area (Å²) in [4.78, 5) is 5.31. The molecule has 104 valence electrons. The lowest BCUT2D eigenvalue weighted by Gasteiger charge is -2.46. The van der Waals surface area contributed by atoms with Gasteiger partial charge in [0.05, 0.1) is 6.61 Å². The van der Waals surface area contributed by atoms with Gasteiger partial charge in [-0.05, 0) is 45.1 Å². The minimum atomic E-state index is -0.310. The summed E-state index contributed by atoms with van der Waals surface area (Å²) in [5, 5.41) is 9.46. The molecule has 3 atom stereocenters. The zero-order chi connectivity index (χ0) is 12.6. The molecule has 3 N–H and O–H groups in total. The molecule has 0 aromatic heterocycles. The topological polar surface area (TPSA) is 52.7 Å². The SMILES string of the molecule is NC1(CO)CCCC(N2CCN3CCCC3C2)C1. The molecule has 3 aliphatic rings. The largest absolute Gasteiger partial charge is 0.394 e. The van der Waals surface area contributed by atoms with Crippen molar-refractivity contribution >= 4 is 0 Å². The van der Waals surface area contributed by atoms with Crippen LogP contribution in [0.1, 0.15) is 38.5 Å². The number of nitrogens with zero attached hydrogens (tertiary/aromatic N) is 2. The van der Waals surface area contributed by atoms with Crippen LogP contribution in [0.2, 0.25) is 0 Å². The summed E-state index contributed by atoms with van der Waals surface area (Å²) in [5.41, 5.74) is 5.97. The Morgan fingerprint density at radius 3 is 2.67 bits per heavy atom. The zero-order valence-electron chi connectivity index (χ0n) is 11.4. The maximum Gasteiger partial charge on any atom is 0.0611 e. The third kappa shape index (κ3) is 2.44. The van der Waals surface area contributed by atoms with E-state index in [0.717, 1.165) is 18.9 Å². The molecule has 3 unspecified atom stereocenters. The Morgan fingerprint density at radius 1 is 1.06 bits per heavy atom. The van der Waals surface area contributed by atoms with E-state index >= 15 is 0 Å². The Hall–Kier alpha value is -0.160. The van der Waals surface area contributed by atoms with Crippen molar-refractivity contribution in [3.8, 4) is 0 Å². The molecule has 0 spiro atoms. The van der Waals surface area contributed by atoms with Gasteiger partial charge in [-0.15, -0.1) is 0 Å². The molecule has 0 bridgehead atoms. The Balaban J connectivity index is 1.61. The molecular weight excluding hydrogens is 226 g/mol. The van der Waals surface area contributed by atoms with Crippen molar-refractivity contribution in [1.29, 1.82) is 0 Å². The smallest absolute Gasteiger partial charge is 0.0611 e. The van der Waals surface area contributed by atoms with E-state index in [4.69, 9.17) is 5.73 Å². The Bertz CT molecular complexity index is 299. The average molecular weight is 253 g/mol. The summed E-state index contributed by atoms with van der Waals surface area (Å²) in [5.74, 6) is 0. The van der Waals surface area contributed by atoms with E-state index in [1.165, 1.54) is 51.9 Å². The number of aliphatic hydroxyl groups excluding tert-OH is 1. The molecular formula is C14H27N3O. The lowest BCUT2D eigenvalue weighted by molar-refractivity contribution is 0.0310. The van der Waals surface area contributed by atoms with E-state index in [1.54, 1.807) is 0 Å². The second-order valence-electron chi connectivity index (χ2n) is 6.60. The first-order valence-corrected chi connectivity index (χ1v) is 7.58. The number of piperazine rings is 1. The van der Waals surface area contributed by atoms with Crippen LogP contribution >= 0.6 is 0 Å². The molecule has 18 heavy (non-hydrogen) atoms. The van der Waals surface area contributed by atoms with Crippen LogP contribution in [0.4, 0.5) is 0 Å². The van der Waals surface area contributed by atoms with E-state index in [0.29, 0.717) is 6.04 Å². The average Bonchev–Trinajstić information content (AvgIpc) is 2.86. The number of fused-ring (bicyclic) bond motifs is 1. The van der Waals surface area contributed by atoms with Gasteiger partial charge in [-0.3, -0.25) is 9.80 Å². The number of hydrogen-bond acceptors (Lipinski definition) is 4. The monoisotopic (exact) mass is 253 g/mol. The molecule has 3 fully saturated rings. The highest BCUT2D eigenvalue weighted by Crippen LogP contribution is 2.31. The van der Waals surface area contributed by atoms with Gasteiger partial charge in [0, 0.05) is 37.3 Å². The van der Waals surface area contributed by atoms with Crippen molar-refractivity contribution in [3.05, 3.63) is 0 Å². The predicted octanol–water partition coefficient (Wildman–Crippen LogP) is 0.399. The first-order chi connectivity index (χ1) is 8.70. The molecule has 1 saturated carbocycles. The summed E-state index contributed by atoms with van der Waals surface area (Å²) >= 11 is 0. The highest BCUT2D eigenvalue weighted by atomic mass is 16.3. The predicted molar refractivity (Wildman–Crippen MR) is 72.4 cm³/mol. The Morgan fingerprint density at radius 2 is 1.83 bits per heavy atom. The number of aliphatic hydroxyl groups is 1. The second-order valence-corrected chi connectivity index (χ2v) is 6.60. The number of rotatable bonds is 2. The van der Waals surface area contributed by atoms with Crippen LogP contribution in [0.15, 0.2) is 0 Å². The second kappa shape index (κ2) is 5.08. The fourth-order valence-corrected chi connectivity index (χ4v) is 4.17. The first kappa shape index (κ1) is 12.9. The fraction of sp³-hybridized carbons (Fsp3) is 1.00. The number of hydrogen-bond donors (Lipinski definition) is 2. The van der Waals surface area contributed by atoms with E-state index < -0.39 is 0 Å². The van der Waals surface area contributed by atoms with Gasteiger partial charge >= 0.3 is 0 Å². The molecule has 3 rings (SSSR count). The summed E-state index contributed by atoms with van der Waals surface area (Å²) in [6, 6.07) is 1.40. The molecule has 0 radical (unpaired) electrons. The standard InChI is InChI=1S/C14H27N3O/c15-14(11-18)5-1-3-12(9-14)17-8-7-16-6-2-4-13(16)10-17/h12-13,18H,1-11,15H2. The van der Waals surface area contributed by atoms with Crippen molar-refractivity contribution in [2.24, 2.45) is 5.73 Å². The van der Waals surface area contributed by atoms with Crippen LogP contribution in [0, 0.1) is 0 Å². The van der Waals surface area contributed by atoms with Gasteiger partial charge in [0.2, 0.25) is 0 Å². The third-order valence-electron chi connectivity index (χ3n) is 5.30. The van der Waals surface area contributed by atoms with Crippen LogP contribution < -0.4 is 5.73 Å². The third-order valence-corrected chi connectivity index (χ3v) is 5.30. The molecule has 2 heterocycles. The summed E-state index contributed by atoms with van der Waals surface area (Å²) in [7, 11) is 0. The van der Waals surface area contributed by atoms with Gasteiger partial charge in [0.15, 0.2) is 0 Å². The van der Waals surface area contributed by atoms with Gasteiger partial charge < -0.3 is 10.8 Å². The number of nitrogens with two attached hydrogens (primary N) is 1. The Kier molecular flexibility index (Phi) is 3.63. The van der Waals surface area contributed by atoms with Crippen molar-refractivity contribution in [1.82, 2.24) is 9.80 Å². The summed E-state index contributed by atoms with van der Waals surface area (Å²) in [6.45, 7) is 5.11. The molecule has 1 aliphatic carbocycles. The highest BCUT2D eigenvalue weighted by molar-refractivity contribution is 4.96. The van der Waals surface area contributed by atoms with Gasteiger partial charge in [0.25, 0.3) is 0 Å². The van der Waals surface area contributed by atoms with Gasteiger partial charge in [-0.2, -0.15) is 0 Å². The Labute approximate surface area is 110 Å². The van der Waals surface area contributed by atoms with E-state index in [-0.39, 0.29) is 12.1 Å².